The van der Waals surface area contributed by atoms with E-state index in [2.05, 4.69) is 9.47 Å². The number of amides is 2. The van der Waals surface area contributed by atoms with Crippen molar-refractivity contribution in [1.82, 2.24) is 10.6 Å². The van der Waals surface area contributed by atoms with Crippen molar-refractivity contribution in [3.63, 3.8) is 0 Å². The molecule has 0 bridgehead atoms. The van der Waals surface area contributed by atoms with Gasteiger partial charge in [0.2, 0.25) is 0 Å². The molecule has 0 rings (SSSR count). The quantitative estimate of drug-likeness (QED) is 0.0583. The van der Waals surface area contributed by atoms with E-state index >= 15 is 0 Å². The van der Waals surface area contributed by atoms with Crippen LogP contribution in [0.5, 0.6) is 0 Å². The molecule has 0 aromatic heterocycles. The summed E-state index contributed by atoms with van der Waals surface area (Å²) >= 11 is 0. The maximum atomic E-state index is 14.6. The first kappa shape index (κ1) is 69.0. The lowest BCUT2D eigenvalue weighted by molar-refractivity contribution is -0.909. The van der Waals surface area contributed by atoms with Gasteiger partial charge in [-0.25, -0.2) is 9.47 Å². The molecule has 2 unspecified atom stereocenters. The number of hydrogen-bond acceptors (Lipinski definition) is 8. The third kappa shape index (κ3) is 21.7. The van der Waals surface area contributed by atoms with E-state index in [9.17, 15) is 124 Å². The second-order valence-corrected chi connectivity index (χ2v) is 14.0. The summed E-state index contributed by atoms with van der Waals surface area (Å²) in [5.41, 5.74) is 0. The molecule has 2 N–H and O–H groups in total. The Morgan fingerprint density at radius 3 is 0.821 bits per heavy atom. The molecule has 0 fully saturated rings. The molecule has 67 heavy (non-hydrogen) atoms. The Kier molecular flexibility index (Phi) is 23.6. The van der Waals surface area contributed by atoms with Gasteiger partial charge in [-0.2, -0.15) is 79.7 Å². The van der Waals surface area contributed by atoms with Crippen LogP contribution < -0.4 is 44.6 Å². The average molecular weight is 1190 g/mol. The van der Waals surface area contributed by atoms with Crippen LogP contribution in [0.15, 0.2) is 0 Å². The molecule has 0 aliphatic rings. The highest BCUT2D eigenvalue weighted by molar-refractivity contribution is 5.85. The van der Waals surface area contributed by atoms with E-state index in [0.29, 0.717) is 0 Å². The Labute approximate surface area is 378 Å². The minimum atomic E-state index is -7.27. The fourth-order valence-corrected chi connectivity index (χ4v) is 4.46. The molecule has 0 radical (unpaired) electrons. The molecule has 0 saturated carbocycles. The topological polar surface area (TPSA) is 114 Å². The van der Waals surface area contributed by atoms with Crippen molar-refractivity contribution in [3.8, 4) is 0 Å². The van der Waals surface area contributed by atoms with Crippen LogP contribution in [0.4, 0.5) is 114 Å². The lowest BCUT2D eigenvalue weighted by atomic mass is 10.2. The molecule has 2 amide bonds. The molecule has 2 atom stereocenters. The highest BCUT2D eigenvalue weighted by Crippen LogP contribution is 2.49. The number of nitrogens with zero attached hydrogens (tertiary/aromatic N) is 2. The van der Waals surface area contributed by atoms with Crippen LogP contribution in [0.1, 0.15) is 19.3 Å². The average Bonchev–Trinajstić information content (AvgIpc) is 2.99. The third-order valence-corrected chi connectivity index (χ3v) is 7.47. The van der Waals surface area contributed by atoms with E-state index < -0.39 is 112 Å². The van der Waals surface area contributed by atoms with Gasteiger partial charge in [-0.15, -0.1) is 43.9 Å². The van der Waals surface area contributed by atoms with E-state index in [-0.39, 0.29) is 75.5 Å². The van der Waals surface area contributed by atoms with Gasteiger partial charge >= 0.3 is 73.8 Å². The predicted octanol–water partition coefficient (Wildman–Crippen LogP) is 1.62. The number of alkyl halides is 26. The monoisotopic (exact) mass is 1190 g/mol. The zero-order chi connectivity index (χ0) is 52.2. The van der Waals surface area contributed by atoms with E-state index in [0.717, 1.165) is 10.6 Å². The number of quaternary nitrogens is 2. The number of hydrogen-bond donors (Lipinski definition) is 2. The molecule has 0 aliphatic heterocycles. The van der Waals surface area contributed by atoms with Gasteiger partial charge in [0, 0.05) is 32.4 Å². The Morgan fingerprint density at radius 2 is 0.597 bits per heavy atom. The van der Waals surface area contributed by atoms with Gasteiger partial charge in [0.25, 0.3) is 11.8 Å². The minimum Gasteiger partial charge on any atom is -1.00 e. The molecule has 40 heteroatoms. The first-order valence-electron chi connectivity index (χ1n) is 16.5. The SMILES string of the molecule is C[N+](C)(CCCNC(=O)C(F)(OC(F)(F)C(F)(F)OC(F)(F)OC(F)(F)F)C(F)(F)F)CCC[N+](C)(C)CCCNC(=O)C(F)(OC(F)(F)C(F)(F)OC(F)(F)OC(F)(F)F)C(F)(F)F.[Br-].[Br-]. The fraction of sp³-hybridized carbons (Fsp3) is 0.926. The summed E-state index contributed by atoms with van der Waals surface area (Å²) in [5, 5.41) is 2.09. The molecular formula is C27H32Br2F26N4O8. The van der Waals surface area contributed by atoms with E-state index in [4.69, 9.17) is 0 Å². The van der Waals surface area contributed by atoms with Crippen LogP contribution in [0.25, 0.3) is 0 Å². The maximum absolute atomic E-state index is 14.6. The summed E-state index contributed by atoms with van der Waals surface area (Å²) in [6.45, 7) is -2.58. The molecule has 0 aromatic rings. The number of rotatable bonds is 26. The van der Waals surface area contributed by atoms with E-state index in [1.807, 2.05) is 0 Å². The minimum absolute atomic E-state index is 0. The van der Waals surface area contributed by atoms with Crippen molar-refractivity contribution in [1.29, 1.82) is 0 Å². The summed E-state index contributed by atoms with van der Waals surface area (Å²) in [6, 6.07) is 0. The highest BCUT2D eigenvalue weighted by Gasteiger charge is 2.76. The molecule has 0 aromatic carbocycles. The Morgan fingerprint density at radius 1 is 0.373 bits per heavy atom. The predicted molar refractivity (Wildman–Crippen MR) is 152 cm³/mol. The normalized spacial score (nSPS) is 16.3. The third-order valence-electron chi connectivity index (χ3n) is 7.47. The summed E-state index contributed by atoms with van der Waals surface area (Å²) < 4.78 is 352. The number of nitrogens with one attached hydrogen (secondary N) is 2. The Hall–Kier alpha value is -2.24. The molecular weight excluding hydrogens is 1160 g/mol. The number of ether oxygens (including phenoxy) is 6. The maximum Gasteiger partial charge on any atom is 0.529 e. The lowest BCUT2D eigenvalue weighted by Gasteiger charge is -2.35. The summed E-state index contributed by atoms with van der Waals surface area (Å²) in [6.07, 6.45) is -70.6. The van der Waals surface area contributed by atoms with Crippen LogP contribution in [0, 0.1) is 0 Å². The summed E-state index contributed by atoms with van der Waals surface area (Å²) in [7, 11) is 5.54. The van der Waals surface area contributed by atoms with Crippen LogP contribution in [-0.4, -0.2) is 162 Å². The first-order chi connectivity index (χ1) is 28.2. The summed E-state index contributed by atoms with van der Waals surface area (Å²) in [4.78, 5) is 23.8. The largest absolute Gasteiger partial charge is 1.00 e. The van der Waals surface area contributed by atoms with Gasteiger partial charge in [0.1, 0.15) is 0 Å². The van der Waals surface area contributed by atoms with Crippen molar-refractivity contribution in [2.24, 2.45) is 0 Å². The van der Waals surface area contributed by atoms with Crippen LogP contribution in [0.3, 0.4) is 0 Å². The zero-order valence-corrected chi connectivity index (χ0v) is 36.3. The Bertz CT molecular complexity index is 1470. The fourth-order valence-electron chi connectivity index (χ4n) is 4.46. The van der Waals surface area contributed by atoms with Gasteiger partial charge in [-0.05, 0) is 0 Å². The molecule has 0 spiro atoms. The van der Waals surface area contributed by atoms with Crippen molar-refractivity contribution >= 4 is 11.8 Å². The van der Waals surface area contributed by atoms with Gasteiger partial charge in [-0.3, -0.25) is 19.1 Å². The van der Waals surface area contributed by atoms with Gasteiger partial charge in [-0.1, -0.05) is 0 Å². The van der Waals surface area contributed by atoms with Crippen molar-refractivity contribution in [3.05, 3.63) is 0 Å². The molecule has 0 aliphatic carbocycles. The van der Waals surface area contributed by atoms with Crippen molar-refractivity contribution in [2.75, 3.05) is 67.5 Å². The van der Waals surface area contributed by atoms with Crippen molar-refractivity contribution < 1.29 is 195 Å². The first-order valence-corrected chi connectivity index (χ1v) is 16.5. The molecule has 12 nitrogen and oxygen atoms in total. The molecule has 0 heterocycles. The second-order valence-electron chi connectivity index (χ2n) is 14.0. The van der Waals surface area contributed by atoms with Crippen LogP contribution in [0.2, 0.25) is 0 Å². The smallest absolute Gasteiger partial charge is 0.529 e. The van der Waals surface area contributed by atoms with Gasteiger partial charge < -0.3 is 53.6 Å². The Balaban J connectivity index is -0.0000205. The van der Waals surface area contributed by atoms with Gasteiger partial charge in [0.05, 0.1) is 54.4 Å². The van der Waals surface area contributed by atoms with Crippen molar-refractivity contribution in [2.45, 2.75) is 93.1 Å². The number of carbonyl (C=O) groups excluding carboxylic acids is 2. The molecule has 404 valence electrons. The standard InChI is InChI=1S/C27H30F26N4O8.2BrH/c1-56(2,10-5-8-54-14(58)16(28,18(30,31)32)60-20(36,37)22(40,41)62-26(50,51)64-24(44,45)46)12-7-13-57(3,4)11-6-9-55-15(59)17(29,19(33,34)35)61-21(38,39)23(42,43)63-27(52,53)65-25(47,48)49;;/h5-13H2,1-4H3;2*1H. The second kappa shape index (κ2) is 22.9. The number of halogens is 28. The lowest BCUT2D eigenvalue weighted by Crippen LogP contribution is -3.00. The van der Waals surface area contributed by atoms with E-state index in [1.54, 1.807) is 18.9 Å². The zero-order valence-electron chi connectivity index (χ0n) is 33.1. The molecule has 0 saturated heterocycles. The summed E-state index contributed by atoms with van der Waals surface area (Å²) in [5.74, 6) is -19.6. The van der Waals surface area contributed by atoms with Crippen LogP contribution in [-0.2, 0) is 38.0 Å². The van der Waals surface area contributed by atoms with Gasteiger partial charge in [0.15, 0.2) is 0 Å². The highest BCUT2D eigenvalue weighted by atomic mass is 79.9. The van der Waals surface area contributed by atoms with E-state index in [1.165, 1.54) is 28.2 Å². The number of carbonyl (C=O) groups is 2. The van der Waals surface area contributed by atoms with Crippen LogP contribution >= 0.6 is 0 Å².